The van der Waals surface area contributed by atoms with Gasteiger partial charge in [-0.2, -0.15) is 0 Å². The van der Waals surface area contributed by atoms with Crippen molar-refractivity contribution in [1.29, 1.82) is 0 Å². The summed E-state index contributed by atoms with van der Waals surface area (Å²) in [5, 5.41) is 4.61. The summed E-state index contributed by atoms with van der Waals surface area (Å²) in [6.07, 6.45) is 5.15. The van der Waals surface area contributed by atoms with E-state index < -0.39 is 0 Å². The number of benzene rings is 1. The van der Waals surface area contributed by atoms with Crippen LogP contribution in [0.25, 0.3) is 0 Å². The average molecular weight is 287 g/mol. The molecule has 1 aromatic rings. The van der Waals surface area contributed by atoms with Gasteiger partial charge in [0.1, 0.15) is 0 Å². The van der Waals surface area contributed by atoms with Crippen LogP contribution in [0.2, 0.25) is 10.0 Å². The summed E-state index contributed by atoms with van der Waals surface area (Å²) in [5.74, 6) is 0. The molecule has 18 heavy (non-hydrogen) atoms. The van der Waals surface area contributed by atoms with Gasteiger partial charge >= 0.3 is 0 Å². The average Bonchev–Trinajstić information content (AvgIpc) is 2.37. The van der Waals surface area contributed by atoms with Crippen LogP contribution in [-0.2, 0) is 0 Å². The van der Waals surface area contributed by atoms with Gasteiger partial charge in [0.05, 0.1) is 15.7 Å². The number of hydrogen-bond donors (Lipinski definition) is 1. The fraction of sp³-hybridized carbons (Fsp3) is 0.571. The molecule has 1 fully saturated rings. The quantitative estimate of drug-likeness (QED) is 0.889. The van der Waals surface area contributed by atoms with E-state index in [0.717, 1.165) is 18.7 Å². The van der Waals surface area contributed by atoms with Crippen LogP contribution in [-0.4, -0.2) is 31.1 Å². The first-order valence-electron chi connectivity index (χ1n) is 6.56. The summed E-state index contributed by atoms with van der Waals surface area (Å²) in [6.45, 7) is 2.16. The van der Waals surface area contributed by atoms with Gasteiger partial charge in [0.25, 0.3) is 0 Å². The zero-order chi connectivity index (χ0) is 13.0. The molecule has 0 saturated carbocycles. The molecule has 100 valence electrons. The first-order valence-corrected chi connectivity index (χ1v) is 7.32. The number of nitrogens with one attached hydrogen (secondary N) is 1. The van der Waals surface area contributed by atoms with Gasteiger partial charge < -0.3 is 10.2 Å². The largest absolute Gasteiger partial charge is 0.384 e. The smallest absolute Gasteiger partial charge is 0.0823 e. The number of nitrogens with zero attached hydrogens (tertiary/aromatic N) is 1. The van der Waals surface area contributed by atoms with E-state index in [9.17, 15) is 0 Å². The molecule has 1 N–H and O–H groups in total. The second-order valence-electron chi connectivity index (χ2n) is 4.95. The first-order chi connectivity index (χ1) is 8.68. The van der Waals surface area contributed by atoms with Crippen LogP contribution in [0.3, 0.4) is 0 Å². The molecule has 0 aromatic heterocycles. The standard InChI is InChI=1S/C14H20Cl2N2/c1-18-10-3-2-5-11(18)8-9-17-13-7-4-6-12(15)14(13)16/h4,6-7,11,17H,2-3,5,8-10H2,1H3. The van der Waals surface area contributed by atoms with Crippen LogP contribution < -0.4 is 5.32 Å². The maximum Gasteiger partial charge on any atom is 0.0823 e. The highest BCUT2D eigenvalue weighted by Crippen LogP contribution is 2.29. The van der Waals surface area contributed by atoms with E-state index in [4.69, 9.17) is 23.2 Å². The van der Waals surface area contributed by atoms with Crippen LogP contribution in [0.4, 0.5) is 5.69 Å². The summed E-state index contributed by atoms with van der Waals surface area (Å²) < 4.78 is 0. The molecule has 1 aliphatic rings. The van der Waals surface area contributed by atoms with Gasteiger partial charge in [-0.15, -0.1) is 0 Å². The third kappa shape index (κ3) is 3.53. The van der Waals surface area contributed by atoms with Crippen molar-refractivity contribution in [1.82, 2.24) is 4.90 Å². The molecule has 1 saturated heterocycles. The zero-order valence-electron chi connectivity index (χ0n) is 10.8. The fourth-order valence-electron chi connectivity index (χ4n) is 2.52. The number of rotatable bonds is 4. The van der Waals surface area contributed by atoms with Crippen LogP contribution in [0.5, 0.6) is 0 Å². The van der Waals surface area contributed by atoms with Gasteiger partial charge in [0.15, 0.2) is 0 Å². The van der Waals surface area contributed by atoms with Crippen LogP contribution >= 0.6 is 23.2 Å². The van der Waals surface area contributed by atoms with Gasteiger partial charge in [0.2, 0.25) is 0 Å². The molecular weight excluding hydrogens is 267 g/mol. The van der Waals surface area contributed by atoms with Crippen molar-refractivity contribution < 1.29 is 0 Å². The van der Waals surface area contributed by atoms with Gasteiger partial charge in [-0.25, -0.2) is 0 Å². The molecule has 0 spiro atoms. The Labute approximate surface area is 119 Å². The molecular formula is C14H20Cl2N2. The molecule has 0 amide bonds. The predicted octanol–water partition coefficient (Wildman–Crippen LogP) is 4.28. The Kier molecular flexibility index (Phi) is 5.16. The van der Waals surface area contributed by atoms with Gasteiger partial charge in [-0.3, -0.25) is 0 Å². The molecule has 0 aliphatic carbocycles. The van der Waals surface area contributed by atoms with Crippen molar-refractivity contribution in [2.45, 2.75) is 31.7 Å². The Balaban J connectivity index is 1.83. The molecule has 0 radical (unpaired) electrons. The van der Waals surface area contributed by atoms with Crippen molar-refractivity contribution >= 4 is 28.9 Å². The van der Waals surface area contributed by atoms with Gasteiger partial charge in [-0.05, 0) is 45.0 Å². The summed E-state index contributed by atoms with van der Waals surface area (Å²) >= 11 is 12.1. The SMILES string of the molecule is CN1CCCCC1CCNc1cccc(Cl)c1Cl. The van der Waals surface area contributed by atoms with Crippen molar-refractivity contribution in [3.63, 3.8) is 0 Å². The Morgan fingerprint density at radius 3 is 2.94 bits per heavy atom. The minimum absolute atomic E-state index is 0.608. The molecule has 1 heterocycles. The van der Waals surface area contributed by atoms with E-state index in [1.807, 2.05) is 18.2 Å². The molecule has 2 rings (SSSR count). The van der Waals surface area contributed by atoms with E-state index in [-0.39, 0.29) is 0 Å². The van der Waals surface area contributed by atoms with E-state index >= 15 is 0 Å². The van der Waals surface area contributed by atoms with Crippen LogP contribution in [0.1, 0.15) is 25.7 Å². The highest BCUT2D eigenvalue weighted by Gasteiger charge is 2.18. The number of hydrogen-bond acceptors (Lipinski definition) is 2. The minimum Gasteiger partial charge on any atom is -0.384 e. The van der Waals surface area contributed by atoms with Crippen molar-refractivity contribution in [2.75, 3.05) is 25.5 Å². The molecule has 2 nitrogen and oxygen atoms in total. The lowest BCUT2D eigenvalue weighted by atomic mass is 10.0. The maximum absolute atomic E-state index is 6.14. The van der Waals surface area contributed by atoms with Crippen LogP contribution in [0, 0.1) is 0 Å². The number of anilines is 1. The van der Waals surface area contributed by atoms with Gasteiger partial charge in [0, 0.05) is 12.6 Å². The van der Waals surface area contributed by atoms with E-state index in [2.05, 4.69) is 17.3 Å². The second-order valence-corrected chi connectivity index (χ2v) is 5.73. The predicted molar refractivity (Wildman–Crippen MR) is 79.8 cm³/mol. The van der Waals surface area contributed by atoms with Crippen molar-refractivity contribution in [2.24, 2.45) is 0 Å². The molecule has 4 heteroatoms. The fourth-order valence-corrected chi connectivity index (χ4v) is 2.89. The Bertz CT molecular complexity index is 395. The number of likely N-dealkylation sites (tertiary alicyclic amines) is 1. The first kappa shape index (κ1) is 14.0. The Morgan fingerprint density at radius 2 is 2.17 bits per heavy atom. The molecule has 1 aliphatic heterocycles. The molecule has 1 aromatic carbocycles. The van der Waals surface area contributed by atoms with E-state index in [0.29, 0.717) is 16.1 Å². The maximum atomic E-state index is 6.14. The number of halogens is 2. The van der Waals surface area contributed by atoms with E-state index in [1.165, 1.54) is 25.8 Å². The lowest BCUT2D eigenvalue weighted by Gasteiger charge is -2.32. The van der Waals surface area contributed by atoms with Crippen molar-refractivity contribution in [3.8, 4) is 0 Å². The highest BCUT2D eigenvalue weighted by atomic mass is 35.5. The van der Waals surface area contributed by atoms with Crippen molar-refractivity contribution in [3.05, 3.63) is 28.2 Å². The second kappa shape index (κ2) is 6.65. The van der Waals surface area contributed by atoms with Gasteiger partial charge in [-0.1, -0.05) is 35.7 Å². The Morgan fingerprint density at radius 1 is 1.33 bits per heavy atom. The molecule has 0 bridgehead atoms. The monoisotopic (exact) mass is 286 g/mol. The summed E-state index contributed by atoms with van der Waals surface area (Å²) in [5.41, 5.74) is 0.933. The van der Waals surface area contributed by atoms with Crippen LogP contribution in [0.15, 0.2) is 18.2 Å². The van der Waals surface area contributed by atoms with E-state index in [1.54, 1.807) is 0 Å². The zero-order valence-corrected chi connectivity index (χ0v) is 12.3. The Hall–Kier alpha value is -0.440. The normalized spacial score (nSPS) is 20.9. The molecule has 1 unspecified atom stereocenters. The topological polar surface area (TPSA) is 15.3 Å². The lowest BCUT2D eigenvalue weighted by Crippen LogP contribution is -2.37. The highest BCUT2D eigenvalue weighted by molar-refractivity contribution is 6.43. The third-order valence-electron chi connectivity index (χ3n) is 3.67. The minimum atomic E-state index is 0.608. The summed E-state index contributed by atoms with van der Waals surface area (Å²) in [4.78, 5) is 2.46. The number of piperidine rings is 1. The summed E-state index contributed by atoms with van der Waals surface area (Å²) in [6, 6.07) is 6.40. The summed E-state index contributed by atoms with van der Waals surface area (Å²) in [7, 11) is 2.22. The lowest BCUT2D eigenvalue weighted by molar-refractivity contribution is 0.179. The third-order valence-corrected chi connectivity index (χ3v) is 4.49. The molecule has 1 atom stereocenters.